The molecule has 1 aliphatic rings. The molecule has 1 aromatic rings. The number of hydrogen-bond donors (Lipinski definition) is 2. The third-order valence-corrected chi connectivity index (χ3v) is 2.74. The van der Waals surface area contributed by atoms with Gasteiger partial charge in [0.05, 0.1) is 5.56 Å². The molecule has 1 saturated heterocycles. The summed E-state index contributed by atoms with van der Waals surface area (Å²) in [5.41, 5.74) is -1.21. The maximum atomic E-state index is 11.8. The first-order valence-corrected chi connectivity index (χ1v) is 5.41. The Balaban J connectivity index is 2.15. The van der Waals surface area contributed by atoms with Crippen LogP contribution in [0.1, 0.15) is 23.2 Å². The van der Waals surface area contributed by atoms with Gasteiger partial charge in [-0.25, -0.2) is 9.59 Å². The van der Waals surface area contributed by atoms with Gasteiger partial charge in [0.25, 0.3) is 5.72 Å². The van der Waals surface area contributed by atoms with Gasteiger partial charge in [-0.1, -0.05) is 18.2 Å². The summed E-state index contributed by atoms with van der Waals surface area (Å²) < 4.78 is 5.10. The van der Waals surface area contributed by atoms with Crippen LogP contribution in [0.25, 0.3) is 0 Å². The van der Waals surface area contributed by atoms with Crippen molar-refractivity contribution in [2.24, 2.45) is 0 Å². The van der Waals surface area contributed by atoms with Gasteiger partial charge in [0.15, 0.2) is 0 Å². The van der Waals surface area contributed by atoms with Crippen molar-refractivity contribution in [1.82, 2.24) is 5.32 Å². The Morgan fingerprint density at radius 1 is 1.29 bits per heavy atom. The van der Waals surface area contributed by atoms with Crippen molar-refractivity contribution < 1.29 is 19.4 Å². The molecule has 0 saturated carbocycles. The number of aliphatic carboxylic acids is 1. The number of carboxylic acids is 1. The van der Waals surface area contributed by atoms with Crippen molar-refractivity contribution in [3.05, 3.63) is 35.9 Å². The maximum absolute atomic E-state index is 11.8. The molecular formula is C12H13NO4. The molecule has 1 aliphatic heterocycles. The summed E-state index contributed by atoms with van der Waals surface area (Å²) in [5.74, 6) is -1.78. The largest absolute Gasteiger partial charge is 0.477 e. The molecule has 0 radical (unpaired) electrons. The lowest BCUT2D eigenvalue weighted by molar-refractivity contribution is -0.161. The number of nitrogens with one attached hydrogen (secondary N) is 1. The van der Waals surface area contributed by atoms with Gasteiger partial charge < -0.3 is 9.84 Å². The first-order valence-electron chi connectivity index (χ1n) is 5.41. The van der Waals surface area contributed by atoms with E-state index in [2.05, 4.69) is 5.32 Å². The summed E-state index contributed by atoms with van der Waals surface area (Å²) in [6.07, 6.45) is 0.968. The molecule has 5 heteroatoms. The van der Waals surface area contributed by atoms with Gasteiger partial charge in [-0.15, -0.1) is 0 Å². The zero-order valence-electron chi connectivity index (χ0n) is 9.18. The minimum absolute atomic E-state index is 0.293. The highest BCUT2D eigenvalue weighted by Gasteiger charge is 2.45. The molecule has 1 fully saturated rings. The molecular weight excluding hydrogens is 222 g/mol. The number of hydrogen-bond acceptors (Lipinski definition) is 4. The van der Waals surface area contributed by atoms with Crippen LogP contribution in [0.15, 0.2) is 30.3 Å². The standard InChI is InChI=1S/C12H13NO4/c14-10(9-5-2-1-3-6-9)17-12(11(15)16)7-4-8-13-12/h1-3,5-6,13H,4,7-8H2,(H,15,16)/t12-/m1/s1. The minimum atomic E-state index is -1.56. The van der Waals surface area contributed by atoms with Crippen LogP contribution in [0.5, 0.6) is 0 Å². The Kier molecular flexibility index (Phi) is 3.10. The number of benzene rings is 1. The molecule has 2 rings (SSSR count). The topological polar surface area (TPSA) is 75.6 Å². The molecule has 90 valence electrons. The molecule has 0 amide bonds. The highest BCUT2D eigenvalue weighted by molar-refractivity contribution is 5.92. The summed E-state index contributed by atoms with van der Waals surface area (Å²) in [4.78, 5) is 22.9. The average Bonchev–Trinajstić information content (AvgIpc) is 2.80. The number of rotatable bonds is 3. The molecule has 17 heavy (non-hydrogen) atoms. The second kappa shape index (κ2) is 4.55. The van der Waals surface area contributed by atoms with Crippen LogP contribution in [0.2, 0.25) is 0 Å². The number of esters is 1. The van der Waals surface area contributed by atoms with Gasteiger partial charge in [0, 0.05) is 6.42 Å². The van der Waals surface area contributed by atoms with Gasteiger partial charge in [-0.3, -0.25) is 5.32 Å². The lowest BCUT2D eigenvalue weighted by Gasteiger charge is -2.24. The predicted octanol–water partition coefficient (Wildman–Crippen LogP) is 1.01. The van der Waals surface area contributed by atoms with Gasteiger partial charge in [-0.2, -0.15) is 0 Å². The summed E-state index contributed by atoms with van der Waals surface area (Å²) in [6, 6.07) is 8.36. The fourth-order valence-electron chi connectivity index (χ4n) is 1.82. The molecule has 0 spiro atoms. The second-order valence-corrected chi connectivity index (χ2v) is 3.92. The van der Waals surface area contributed by atoms with Crippen molar-refractivity contribution in [2.75, 3.05) is 6.54 Å². The van der Waals surface area contributed by atoms with Crippen LogP contribution in [0, 0.1) is 0 Å². The summed E-state index contributed by atoms with van der Waals surface area (Å²) in [7, 11) is 0. The maximum Gasteiger partial charge on any atom is 0.364 e. The second-order valence-electron chi connectivity index (χ2n) is 3.92. The first kappa shape index (κ1) is 11.6. The highest BCUT2D eigenvalue weighted by atomic mass is 16.6. The van der Waals surface area contributed by atoms with Gasteiger partial charge in [-0.05, 0) is 25.1 Å². The van der Waals surface area contributed by atoms with Crippen molar-refractivity contribution in [1.29, 1.82) is 0 Å². The van der Waals surface area contributed by atoms with E-state index in [0.717, 1.165) is 0 Å². The molecule has 1 aromatic carbocycles. The number of carbonyl (C=O) groups excluding carboxylic acids is 1. The monoisotopic (exact) mass is 235 g/mol. The van der Waals surface area contributed by atoms with Crippen LogP contribution in [0.4, 0.5) is 0 Å². The quantitative estimate of drug-likeness (QED) is 0.765. The van der Waals surface area contributed by atoms with Gasteiger partial charge >= 0.3 is 11.9 Å². The van der Waals surface area contributed by atoms with Crippen molar-refractivity contribution in [3.8, 4) is 0 Å². The van der Waals surface area contributed by atoms with Gasteiger partial charge in [0.1, 0.15) is 0 Å². The molecule has 5 nitrogen and oxygen atoms in total. The Morgan fingerprint density at radius 2 is 2.00 bits per heavy atom. The predicted molar refractivity (Wildman–Crippen MR) is 59.5 cm³/mol. The Hall–Kier alpha value is -1.88. The van der Waals surface area contributed by atoms with E-state index in [9.17, 15) is 9.59 Å². The molecule has 0 aromatic heterocycles. The molecule has 1 atom stereocenters. The van der Waals surface area contributed by atoms with E-state index in [1.54, 1.807) is 30.3 Å². The number of ether oxygens (including phenoxy) is 1. The Morgan fingerprint density at radius 3 is 2.53 bits per heavy atom. The molecule has 0 aliphatic carbocycles. The van der Waals surface area contributed by atoms with E-state index in [1.807, 2.05) is 0 Å². The Bertz CT molecular complexity index is 423. The number of carbonyl (C=O) groups is 2. The zero-order valence-corrected chi connectivity index (χ0v) is 9.18. The summed E-state index contributed by atoms with van der Waals surface area (Å²) >= 11 is 0. The average molecular weight is 235 g/mol. The van der Waals surface area contributed by atoms with Crippen molar-refractivity contribution in [2.45, 2.75) is 18.6 Å². The first-order chi connectivity index (χ1) is 8.14. The van der Waals surface area contributed by atoms with Crippen LogP contribution in [-0.2, 0) is 9.53 Å². The lowest BCUT2D eigenvalue weighted by Crippen LogP contribution is -2.51. The molecule has 0 unspecified atom stereocenters. The van der Waals surface area contributed by atoms with Crippen LogP contribution >= 0.6 is 0 Å². The van der Waals surface area contributed by atoms with E-state index in [0.29, 0.717) is 24.9 Å². The number of carboxylic acid groups (broad SMARTS) is 1. The fraction of sp³-hybridized carbons (Fsp3) is 0.333. The fourth-order valence-corrected chi connectivity index (χ4v) is 1.82. The van der Waals surface area contributed by atoms with Crippen LogP contribution < -0.4 is 5.32 Å². The highest BCUT2D eigenvalue weighted by Crippen LogP contribution is 2.22. The van der Waals surface area contributed by atoms with E-state index >= 15 is 0 Å². The van der Waals surface area contributed by atoms with Crippen LogP contribution in [-0.4, -0.2) is 29.3 Å². The molecule has 2 N–H and O–H groups in total. The molecule has 0 bridgehead atoms. The van der Waals surface area contributed by atoms with Crippen LogP contribution in [0.3, 0.4) is 0 Å². The van der Waals surface area contributed by atoms with Crippen molar-refractivity contribution >= 4 is 11.9 Å². The lowest BCUT2D eigenvalue weighted by atomic mass is 10.1. The van der Waals surface area contributed by atoms with E-state index < -0.39 is 17.7 Å². The Labute approximate surface area is 98.4 Å². The van der Waals surface area contributed by atoms with E-state index in [-0.39, 0.29) is 0 Å². The SMILES string of the molecule is O=C(O[C@@]1(C(=O)O)CCCN1)c1ccccc1. The minimum Gasteiger partial charge on any atom is -0.477 e. The third kappa shape index (κ3) is 2.29. The summed E-state index contributed by atoms with van der Waals surface area (Å²) in [5, 5.41) is 11.8. The van der Waals surface area contributed by atoms with Crippen molar-refractivity contribution in [3.63, 3.8) is 0 Å². The third-order valence-electron chi connectivity index (χ3n) is 2.74. The smallest absolute Gasteiger partial charge is 0.364 e. The summed E-state index contributed by atoms with van der Waals surface area (Å²) in [6.45, 7) is 0.536. The molecule has 1 heterocycles. The van der Waals surface area contributed by atoms with E-state index in [4.69, 9.17) is 9.84 Å². The van der Waals surface area contributed by atoms with Gasteiger partial charge in [0.2, 0.25) is 0 Å². The normalized spacial score (nSPS) is 23.3. The zero-order chi connectivity index (χ0) is 12.3. The van der Waals surface area contributed by atoms with E-state index in [1.165, 1.54) is 0 Å².